The Bertz CT molecular complexity index is 1120. The molecule has 0 aliphatic heterocycles. The van der Waals surface area contributed by atoms with E-state index in [4.69, 9.17) is 0 Å². The molecule has 0 aliphatic carbocycles. The molecule has 0 bridgehead atoms. The van der Waals surface area contributed by atoms with E-state index in [1.165, 1.54) is 47.4 Å². The lowest BCUT2D eigenvalue weighted by Crippen LogP contribution is -2.37. The van der Waals surface area contributed by atoms with Crippen LogP contribution in [0.15, 0.2) is 42.5 Å². The van der Waals surface area contributed by atoms with Crippen LogP contribution in [0, 0.1) is 10.1 Å². The van der Waals surface area contributed by atoms with Gasteiger partial charge in [-0.1, -0.05) is 23.5 Å². The average molecular weight is 468 g/mol. The molecule has 0 aliphatic rings. The number of halogens is 3. The number of carbonyl (C=O) groups excluding carboxylic acids is 1. The summed E-state index contributed by atoms with van der Waals surface area (Å²) in [7, 11) is 3.69. The van der Waals surface area contributed by atoms with Crippen LogP contribution in [0.1, 0.15) is 5.56 Å². The van der Waals surface area contributed by atoms with Crippen LogP contribution in [-0.4, -0.2) is 54.3 Å². The number of carbonyl (C=O) groups is 1. The minimum atomic E-state index is -4.81. The van der Waals surface area contributed by atoms with E-state index in [2.05, 4.69) is 9.72 Å². The first-order chi connectivity index (χ1) is 15.0. The second kappa shape index (κ2) is 9.49. The number of amides is 1. The molecule has 0 spiro atoms. The molecule has 1 amide bonds. The zero-order valence-electron chi connectivity index (χ0n) is 17.1. The van der Waals surface area contributed by atoms with Crippen LogP contribution >= 0.6 is 11.3 Å². The number of rotatable bonds is 8. The smallest absolute Gasteiger partial charge is 0.406 e. The zero-order chi connectivity index (χ0) is 23.5. The first kappa shape index (κ1) is 23.4. The number of thiazole rings is 1. The molecule has 3 rings (SSSR count). The van der Waals surface area contributed by atoms with Gasteiger partial charge < -0.3 is 9.64 Å². The summed E-state index contributed by atoms with van der Waals surface area (Å²) in [5, 5.41) is 11.2. The van der Waals surface area contributed by atoms with Crippen LogP contribution in [-0.2, 0) is 11.2 Å². The van der Waals surface area contributed by atoms with Crippen LogP contribution in [0.2, 0.25) is 0 Å². The molecule has 2 aromatic carbocycles. The molecular formula is C20H19F3N4O4S. The van der Waals surface area contributed by atoms with E-state index < -0.39 is 11.3 Å². The van der Waals surface area contributed by atoms with Crippen molar-refractivity contribution in [3.05, 3.63) is 58.1 Å². The fourth-order valence-corrected chi connectivity index (χ4v) is 3.88. The van der Waals surface area contributed by atoms with E-state index >= 15 is 0 Å². The minimum Gasteiger partial charge on any atom is -0.406 e. The van der Waals surface area contributed by atoms with Crippen LogP contribution in [0.4, 0.5) is 24.0 Å². The third kappa shape index (κ3) is 6.14. The van der Waals surface area contributed by atoms with Gasteiger partial charge in [0.2, 0.25) is 5.91 Å². The molecule has 0 radical (unpaired) electrons. The van der Waals surface area contributed by atoms with Crippen molar-refractivity contribution in [2.45, 2.75) is 12.8 Å². The summed E-state index contributed by atoms with van der Waals surface area (Å²) in [6, 6.07) is 9.48. The van der Waals surface area contributed by atoms with Gasteiger partial charge in [0.15, 0.2) is 5.13 Å². The van der Waals surface area contributed by atoms with Crippen LogP contribution in [0.25, 0.3) is 10.2 Å². The summed E-state index contributed by atoms with van der Waals surface area (Å²) in [6.45, 7) is 0.842. The summed E-state index contributed by atoms with van der Waals surface area (Å²) in [4.78, 5) is 31.1. The number of hydrogen-bond donors (Lipinski definition) is 0. The highest BCUT2D eigenvalue weighted by molar-refractivity contribution is 7.22. The van der Waals surface area contributed by atoms with Crippen molar-refractivity contribution < 1.29 is 27.6 Å². The zero-order valence-corrected chi connectivity index (χ0v) is 17.9. The Kier molecular flexibility index (Phi) is 6.94. The van der Waals surface area contributed by atoms with Crippen molar-refractivity contribution >= 4 is 38.3 Å². The normalized spacial score (nSPS) is 11.7. The number of alkyl halides is 3. The number of benzene rings is 2. The van der Waals surface area contributed by atoms with Gasteiger partial charge in [-0.05, 0) is 31.8 Å². The standard InChI is InChI=1S/C20H19F3N4O4S/c1-25(2)9-10-26(18(28)11-13-3-5-14(6-4-13)27(29)30)19-24-16-8-7-15(12-17(16)32-19)31-20(21,22)23/h3-8,12H,9-11H2,1-2H3. The summed E-state index contributed by atoms with van der Waals surface area (Å²) in [6.07, 6.45) is -4.82. The van der Waals surface area contributed by atoms with Gasteiger partial charge in [-0.25, -0.2) is 4.98 Å². The van der Waals surface area contributed by atoms with E-state index in [1.807, 2.05) is 19.0 Å². The van der Waals surface area contributed by atoms with Crippen LogP contribution < -0.4 is 9.64 Å². The molecule has 0 fully saturated rings. The Labute approximate surface area is 185 Å². The lowest BCUT2D eigenvalue weighted by Gasteiger charge is -2.22. The van der Waals surface area contributed by atoms with Crippen molar-refractivity contribution in [2.75, 3.05) is 32.1 Å². The Hall–Kier alpha value is -3.25. The number of nitro benzene ring substituents is 1. The summed E-state index contributed by atoms with van der Waals surface area (Å²) < 4.78 is 41.9. The first-order valence-electron chi connectivity index (χ1n) is 9.36. The van der Waals surface area contributed by atoms with Crippen molar-refractivity contribution in [3.63, 3.8) is 0 Å². The second-order valence-corrected chi connectivity index (χ2v) is 8.13. The summed E-state index contributed by atoms with van der Waals surface area (Å²) in [5.41, 5.74) is 0.962. The molecule has 3 aromatic rings. The molecule has 0 N–H and O–H groups in total. The first-order valence-corrected chi connectivity index (χ1v) is 10.2. The maximum absolute atomic E-state index is 13.0. The number of non-ortho nitro benzene ring substituents is 1. The Morgan fingerprint density at radius 2 is 1.84 bits per heavy atom. The van der Waals surface area contributed by atoms with Crippen molar-refractivity contribution in [3.8, 4) is 5.75 Å². The molecule has 0 saturated carbocycles. The number of nitrogens with zero attached hydrogens (tertiary/aromatic N) is 4. The van der Waals surface area contributed by atoms with E-state index in [0.29, 0.717) is 34.0 Å². The molecule has 170 valence electrons. The van der Waals surface area contributed by atoms with E-state index in [0.717, 1.165) is 11.3 Å². The summed E-state index contributed by atoms with van der Waals surface area (Å²) in [5.74, 6) is -0.649. The topological polar surface area (TPSA) is 88.8 Å². The van der Waals surface area contributed by atoms with E-state index in [1.54, 1.807) is 0 Å². The minimum absolute atomic E-state index is 0.0101. The Balaban J connectivity index is 1.86. The van der Waals surface area contributed by atoms with Gasteiger partial charge in [0.05, 0.1) is 21.6 Å². The molecule has 1 heterocycles. The van der Waals surface area contributed by atoms with Gasteiger partial charge in [-0.2, -0.15) is 0 Å². The number of nitro groups is 1. The molecule has 32 heavy (non-hydrogen) atoms. The van der Waals surface area contributed by atoms with Crippen LogP contribution in [0.3, 0.4) is 0 Å². The van der Waals surface area contributed by atoms with E-state index in [-0.39, 0.29) is 23.8 Å². The van der Waals surface area contributed by atoms with Gasteiger partial charge in [-0.3, -0.25) is 19.8 Å². The lowest BCUT2D eigenvalue weighted by atomic mass is 10.1. The number of fused-ring (bicyclic) bond motifs is 1. The van der Waals surface area contributed by atoms with Gasteiger partial charge in [0, 0.05) is 31.3 Å². The molecule has 0 atom stereocenters. The molecule has 12 heteroatoms. The maximum atomic E-state index is 13.0. The third-order valence-corrected chi connectivity index (χ3v) is 5.43. The Morgan fingerprint density at radius 3 is 2.44 bits per heavy atom. The highest BCUT2D eigenvalue weighted by Gasteiger charge is 2.31. The number of likely N-dealkylation sites (N-methyl/N-ethyl adjacent to an activating group) is 1. The third-order valence-electron chi connectivity index (χ3n) is 4.39. The maximum Gasteiger partial charge on any atom is 0.573 e. The predicted molar refractivity (Wildman–Crippen MR) is 114 cm³/mol. The molecule has 0 saturated heterocycles. The Morgan fingerprint density at radius 1 is 1.16 bits per heavy atom. The molecule has 8 nitrogen and oxygen atoms in total. The largest absolute Gasteiger partial charge is 0.573 e. The number of aromatic nitrogens is 1. The molecular weight excluding hydrogens is 449 g/mol. The second-order valence-electron chi connectivity index (χ2n) is 7.12. The molecule has 0 unspecified atom stereocenters. The SMILES string of the molecule is CN(C)CCN(C(=O)Cc1ccc([N+](=O)[O-])cc1)c1nc2ccc(OC(F)(F)F)cc2s1. The van der Waals surface area contributed by atoms with Gasteiger partial charge >= 0.3 is 6.36 Å². The van der Waals surface area contributed by atoms with Crippen molar-refractivity contribution in [2.24, 2.45) is 0 Å². The highest BCUT2D eigenvalue weighted by atomic mass is 32.1. The van der Waals surface area contributed by atoms with Crippen LogP contribution in [0.5, 0.6) is 5.75 Å². The monoisotopic (exact) mass is 468 g/mol. The predicted octanol–water partition coefficient (Wildman–Crippen LogP) is 4.24. The van der Waals surface area contributed by atoms with Gasteiger partial charge in [0.25, 0.3) is 5.69 Å². The highest BCUT2D eigenvalue weighted by Crippen LogP contribution is 2.33. The van der Waals surface area contributed by atoms with Crippen molar-refractivity contribution in [1.82, 2.24) is 9.88 Å². The molecule has 1 aromatic heterocycles. The summed E-state index contributed by atoms with van der Waals surface area (Å²) >= 11 is 1.08. The number of ether oxygens (including phenoxy) is 1. The fourth-order valence-electron chi connectivity index (χ4n) is 2.84. The van der Waals surface area contributed by atoms with Gasteiger partial charge in [-0.15, -0.1) is 13.2 Å². The lowest BCUT2D eigenvalue weighted by molar-refractivity contribution is -0.384. The number of anilines is 1. The van der Waals surface area contributed by atoms with Crippen molar-refractivity contribution in [1.29, 1.82) is 0 Å². The van der Waals surface area contributed by atoms with Gasteiger partial charge in [0.1, 0.15) is 5.75 Å². The quantitative estimate of drug-likeness (QED) is 0.363. The fraction of sp³-hybridized carbons (Fsp3) is 0.300. The van der Waals surface area contributed by atoms with E-state index in [9.17, 15) is 28.1 Å². The average Bonchev–Trinajstić information content (AvgIpc) is 3.09. The number of hydrogen-bond acceptors (Lipinski definition) is 7.